The molecule has 0 saturated heterocycles. The summed E-state index contributed by atoms with van der Waals surface area (Å²) in [5.74, 6) is -0.453. The molecule has 8 nitrogen and oxygen atoms in total. The van der Waals surface area contributed by atoms with Crippen LogP contribution in [0.3, 0.4) is 0 Å². The molecule has 3 rings (SSSR count). The number of phenolic OH excluding ortho intramolecular Hbond substituents is 1. The molecule has 8 heteroatoms. The second kappa shape index (κ2) is 10.6. The van der Waals surface area contributed by atoms with Crippen LogP contribution in [-0.4, -0.2) is 40.1 Å². The zero-order chi connectivity index (χ0) is 23.1. The standard InChI is InChI=1S/C24H29N5O3/c1-4-7-14-29-24(32)20-11-9-8-10-19(20)22(27-29)23(31)26-25-16-17-12-13-18(15-21(17)30)28(5-2)6-3/h8-13,15-16,30H,4-7,14H2,1-3H3,(H,26,31)/b25-16+. The number of nitrogens with one attached hydrogen (secondary N) is 1. The number of aryl methyl sites for hydroxylation is 1. The average molecular weight is 436 g/mol. The summed E-state index contributed by atoms with van der Waals surface area (Å²) >= 11 is 0. The molecule has 0 atom stereocenters. The summed E-state index contributed by atoms with van der Waals surface area (Å²) in [5, 5.41) is 19.5. The number of phenols is 1. The quantitative estimate of drug-likeness (QED) is 0.396. The highest BCUT2D eigenvalue weighted by Crippen LogP contribution is 2.23. The van der Waals surface area contributed by atoms with Gasteiger partial charge in [0.05, 0.1) is 11.6 Å². The highest BCUT2D eigenvalue weighted by molar-refractivity contribution is 6.05. The number of anilines is 1. The first kappa shape index (κ1) is 23.0. The van der Waals surface area contributed by atoms with Gasteiger partial charge in [-0.2, -0.15) is 10.2 Å². The number of aromatic nitrogens is 2. The summed E-state index contributed by atoms with van der Waals surface area (Å²) in [7, 11) is 0. The topological polar surface area (TPSA) is 99.8 Å². The zero-order valence-electron chi connectivity index (χ0n) is 18.7. The van der Waals surface area contributed by atoms with Crippen molar-refractivity contribution in [1.82, 2.24) is 15.2 Å². The van der Waals surface area contributed by atoms with Crippen LogP contribution >= 0.6 is 0 Å². The van der Waals surface area contributed by atoms with E-state index < -0.39 is 5.91 Å². The molecule has 0 aliphatic rings. The first-order valence-corrected chi connectivity index (χ1v) is 10.9. The van der Waals surface area contributed by atoms with Crippen molar-refractivity contribution in [1.29, 1.82) is 0 Å². The number of aromatic hydroxyl groups is 1. The summed E-state index contributed by atoms with van der Waals surface area (Å²) < 4.78 is 1.34. The van der Waals surface area contributed by atoms with Crippen LogP contribution in [0.15, 0.2) is 52.4 Å². The van der Waals surface area contributed by atoms with Crippen molar-refractivity contribution in [3.8, 4) is 5.75 Å². The van der Waals surface area contributed by atoms with Crippen LogP contribution in [0.25, 0.3) is 10.8 Å². The fourth-order valence-corrected chi connectivity index (χ4v) is 3.50. The van der Waals surface area contributed by atoms with Gasteiger partial charge in [0.2, 0.25) is 0 Å². The average Bonchev–Trinajstić information content (AvgIpc) is 2.81. The molecule has 1 heterocycles. The minimum absolute atomic E-state index is 0.0732. The number of unbranched alkanes of at least 4 members (excludes halogenated alkanes) is 1. The third-order valence-corrected chi connectivity index (χ3v) is 5.32. The van der Waals surface area contributed by atoms with Crippen molar-refractivity contribution in [2.45, 2.75) is 40.2 Å². The monoisotopic (exact) mass is 435 g/mol. The molecule has 0 radical (unpaired) electrons. The lowest BCUT2D eigenvalue weighted by atomic mass is 10.1. The molecule has 168 valence electrons. The lowest BCUT2D eigenvalue weighted by molar-refractivity contribution is 0.0949. The fraction of sp³-hybridized carbons (Fsp3) is 0.333. The Morgan fingerprint density at radius 3 is 2.53 bits per heavy atom. The Kier molecular flexibility index (Phi) is 7.59. The molecule has 1 aromatic heterocycles. The van der Waals surface area contributed by atoms with Gasteiger partial charge in [-0.25, -0.2) is 10.1 Å². The van der Waals surface area contributed by atoms with E-state index in [1.165, 1.54) is 10.9 Å². The molecule has 0 aliphatic carbocycles. The van der Waals surface area contributed by atoms with Gasteiger partial charge in [0, 0.05) is 42.3 Å². The van der Waals surface area contributed by atoms with E-state index in [1.807, 2.05) is 13.0 Å². The number of nitrogens with zero attached hydrogens (tertiary/aromatic N) is 4. The number of hydrogen-bond donors (Lipinski definition) is 2. The van der Waals surface area contributed by atoms with Gasteiger partial charge < -0.3 is 10.0 Å². The molecule has 0 spiro atoms. The van der Waals surface area contributed by atoms with Gasteiger partial charge in [-0.1, -0.05) is 31.5 Å². The maximum atomic E-state index is 12.8. The van der Waals surface area contributed by atoms with Gasteiger partial charge in [0.25, 0.3) is 11.5 Å². The van der Waals surface area contributed by atoms with Crippen LogP contribution < -0.4 is 15.9 Å². The second-order valence-electron chi connectivity index (χ2n) is 7.39. The Balaban J connectivity index is 1.84. The van der Waals surface area contributed by atoms with Crippen LogP contribution in [-0.2, 0) is 6.54 Å². The van der Waals surface area contributed by atoms with E-state index in [0.717, 1.165) is 31.6 Å². The minimum atomic E-state index is -0.526. The predicted molar refractivity (Wildman–Crippen MR) is 128 cm³/mol. The van der Waals surface area contributed by atoms with Crippen LogP contribution in [0.2, 0.25) is 0 Å². The summed E-state index contributed by atoms with van der Waals surface area (Å²) in [5.41, 5.74) is 3.77. The first-order chi connectivity index (χ1) is 15.5. The molecule has 2 N–H and O–H groups in total. The van der Waals surface area contributed by atoms with E-state index in [1.54, 1.807) is 36.4 Å². The fourth-order valence-electron chi connectivity index (χ4n) is 3.50. The van der Waals surface area contributed by atoms with E-state index in [2.05, 4.69) is 34.4 Å². The van der Waals surface area contributed by atoms with Gasteiger partial charge >= 0.3 is 0 Å². The Hall–Kier alpha value is -3.68. The van der Waals surface area contributed by atoms with E-state index in [9.17, 15) is 14.7 Å². The number of carbonyl (C=O) groups is 1. The Bertz CT molecular complexity index is 1180. The third-order valence-electron chi connectivity index (χ3n) is 5.32. The van der Waals surface area contributed by atoms with Crippen molar-refractivity contribution in [2.75, 3.05) is 18.0 Å². The van der Waals surface area contributed by atoms with Crippen molar-refractivity contribution in [3.63, 3.8) is 0 Å². The van der Waals surface area contributed by atoms with Crippen LogP contribution in [0.1, 0.15) is 49.7 Å². The van der Waals surface area contributed by atoms with Gasteiger partial charge in [0.15, 0.2) is 5.69 Å². The van der Waals surface area contributed by atoms with E-state index >= 15 is 0 Å². The molecule has 0 aliphatic heterocycles. The molecule has 0 bridgehead atoms. The van der Waals surface area contributed by atoms with Gasteiger partial charge in [-0.05, 0) is 38.5 Å². The number of fused-ring (bicyclic) bond motifs is 1. The van der Waals surface area contributed by atoms with Gasteiger partial charge in [-0.15, -0.1) is 0 Å². The van der Waals surface area contributed by atoms with Gasteiger partial charge in [-0.3, -0.25) is 9.59 Å². The maximum Gasteiger partial charge on any atom is 0.292 e. The Morgan fingerprint density at radius 1 is 1.16 bits per heavy atom. The number of hydrogen-bond acceptors (Lipinski definition) is 6. The van der Waals surface area contributed by atoms with Crippen molar-refractivity contribution in [2.24, 2.45) is 5.10 Å². The lowest BCUT2D eigenvalue weighted by Gasteiger charge is -2.21. The highest BCUT2D eigenvalue weighted by atomic mass is 16.3. The molecule has 32 heavy (non-hydrogen) atoms. The molecular weight excluding hydrogens is 406 g/mol. The number of rotatable bonds is 9. The number of amides is 1. The highest BCUT2D eigenvalue weighted by Gasteiger charge is 2.16. The maximum absolute atomic E-state index is 12.8. The smallest absolute Gasteiger partial charge is 0.292 e. The third kappa shape index (κ3) is 4.96. The van der Waals surface area contributed by atoms with Crippen LogP contribution in [0.4, 0.5) is 5.69 Å². The van der Waals surface area contributed by atoms with E-state index in [0.29, 0.717) is 22.9 Å². The molecule has 0 unspecified atom stereocenters. The summed E-state index contributed by atoms with van der Waals surface area (Å²) in [4.78, 5) is 27.6. The van der Waals surface area contributed by atoms with E-state index in [-0.39, 0.29) is 17.0 Å². The van der Waals surface area contributed by atoms with Crippen molar-refractivity contribution in [3.05, 3.63) is 64.1 Å². The van der Waals surface area contributed by atoms with E-state index in [4.69, 9.17) is 0 Å². The van der Waals surface area contributed by atoms with Crippen molar-refractivity contribution < 1.29 is 9.90 Å². The number of benzene rings is 2. The molecular formula is C24H29N5O3. The van der Waals surface area contributed by atoms with Crippen LogP contribution in [0, 0.1) is 0 Å². The SMILES string of the molecule is CCCCn1nc(C(=O)N/N=C/c2ccc(N(CC)CC)cc2O)c2ccccc2c1=O. The minimum Gasteiger partial charge on any atom is -0.507 e. The van der Waals surface area contributed by atoms with Crippen molar-refractivity contribution >= 4 is 28.6 Å². The predicted octanol–water partition coefficient (Wildman–Crippen LogP) is 3.51. The lowest BCUT2D eigenvalue weighted by Crippen LogP contribution is -2.29. The number of hydrazone groups is 1. The molecule has 3 aromatic rings. The Morgan fingerprint density at radius 2 is 1.88 bits per heavy atom. The van der Waals surface area contributed by atoms with Crippen LogP contribution in [0.5, 0.6) is 5.75 Å². The molecule has 0 saturated carbocycles. The summed E-state index contributed by atoms with van der Waals surface area (Å²) in [6.45, 7) is 8.24. The normalized spacial score (nSPS) is 11.2. The first-order valence-electron chi connectivity index (χ1n) is 10.9. The number of carbonyl (C=O) groups excluding carboxylic acids is 1. The molecule has 0 fully saturated rings. The Labute approximate surface area is 187 Å². The summed E-state index contributed by atoms with van der Waals surface area (Å²) in [6.07, 6.45) is 3.07. The zero-order valence-corrected chi connectivity index (χ0v) is 18.7. The second-order valence-corrected chi connectivity index (χ2v) is 7.39. The molecule has 2 aromatic carbocycles. The molecule has 1 amide bonds. The van der Waals surface area contributed by atoms with Gasteiger partial charge in [0.1, 0.15) is 5.75 Å². The summed E-state index contributed by atoms with van der Waals surface area (Å²) in [6, 6.07) is 12.2. The largest absolute Gasteiger partial charge is 0.507 e.